The van der Waals surface area contributed by atoms with E-state index in [2.05, 4.69) is 27.4 Å². The van der Waals surface area contributed by atoms with E-state index in [9.17, 15) is 9.59 Å². The number of allylic oxidation sites excluding steroid dienone is 1. The van der Waals surface area contributed by atoms with E-state index in [4.69, 9.17) is 14.2 Å². The molecule has 2 bridgehead atoms. The third-order valence-electron chi connectivity index (χ3n) is 7.94. The van der Waals surface area contributed by atoms with Crippen LogP contribution in [0.5, 0.6) is 0 Å². The molecule has 4 unspecified atom stereocenters. The van der Waals surface area contributed by atoms with E-state index in [-0.39, 0.29) is 41.0 Å². The van der Waals surface area contributed by atoms with Gasteiger partial charge in [-0.1, -0.05) is 32.9 Å². The molecule has 0 spiro atoms. The monoisotopic (exact) mass is 376 g/mol. The molecule has 2 aliphatic carbocycles. The van der Waals surface area contributed by atoms with Crippen LogP contribution in [0.2, 0.25) is 0 Å². The fourth-order valence-electron chi connectivity index (χ4n) is 6.79. The normalized spacial score (nSPS) is 45.8. The fourth-order valence-corrected chi connectivity index (χ4v) is 6.79. The van der Waals surface area contributed by atoms with Gasteiger partial charge < -0.3 is 14.2 Å². The Morgan fingerprint density at radius 1 is 1.26 bits per heavy atom. The fraction of sp³-hybridized carbons (Fsp3) is 0.818. The van der Waals surface area contributed by atoms with E-state index in [1.165, 1.54) is 25.3 Å². The Balaban J connectivity index is 1.70. The first-order valence-corrected chi connectivity index (χ1v) is 10.3. The van der Waals surface area contributed by atoms with Gasteiger partial charge in [-0.3, -0.25) is 9.59 Å². The van der Waals surface area contributed by atoms with Crippen LogP contribution in [-0.4, -0.2) is 24.5 Å². The Morgan fingerprint density at radius 2 is 2.00 bits per heavy atom. The lowest BCUT2D eigenvalue weighted by Gasteiger charge is -2.46. The number of hydrogen-bond acceptors (Lipinski definition) is 5. The summed E-state index contributed by atoms with van der Waals surface area (Å²) < 4.78 is 17.0. The lowest BCUT2D eigenvalue weighted by Crippen LogP contribution is -2.47. The zero-order chi connectivity index (χ0) is 19.6. The van der Waals surface area contributed by atoms with Crippen molar-refractivity contribution in [3.63, 3.8) is 0 Å². The zero-order valence-electron chi connectivity index (χ0n) is 17.0. The van der Waals surface area contributed by atoms with Crippen LogP contribution >= 0.6 is 0 Å². The second-order valence-corrected chi connectivity index (χ2v) is 9.99. The summed E-state index contributed by atoms with van der Waals surface area (Å²) in [5.74, 6) is 0.244. The van der Waals surface area contributed by atoms with Crippen molar-refractivity contribution in [2.75, 3.05) is 0 Å². The number of hydrogen-bond donors (Lipinski definition) is 0. The van der Waals surface area contributed by atoms with Crippen LogP contribution < -0.4 is 0 Å². The second-order valence-electron chi connectivity index (χ2n) is 9.99. The molecule has 5 nitrogen and oxygen atoms in total. The maximum atomic E-state index is 12.1. The van der Waals surface area contributed by atoms with Crippen molar-refractivity contribution in [1.29, 1.82) is 0 Å². The maximum absolute atomic E-state index is 12.1. The average molecular weight is 376 g/mol. The molecule has 4 fully saturated rings. The summed E-state index contributed by atoms with van der Waals surface area (Å²) in [6, 6.07) is 0. The van der Waals surface area contributed by atoms with E-state index in [0.29, 0.717) is 11.8 Å². The Bertz CT molecular complexity index is 668. The van der Waals surface area contributed by atoms with Crippen LogP contribution in [0, 0.1) is 34.5 Å². The highest BCUT2D eigenvalue weighted by Crippen LogP contribution is 2.65. The van der Waals surface area contributed by atoms with Crippen LogP contribution in [0.25, 0.3) is 0 Å². The highest BCUT2D eigenvalue weighted by molar-refractivity contribution is 5.71. The minimum Gasteiger partial charge on any atom is -0.435 e. The Morgan fingerprint density at radius 3 is 2.70 bits per heavy atom. The van der Waals surface area contributed by atoms with Gasteiger partial charge in [-0.05, 0) is 54.8 Å². The molecule has 2 aliphatic heterocycles. The molecule has 0 aromatic heterocycles. The van der Waals surface area contributed by atoms with Gasteiger partial charge in [0.05, 0.1) is 6.42 Å². The number of fused-ring (bicyclic) bond motifs is 3. The summed E-state index contributed by atoms with van der Waals surface area (Å²) in [7, 11) is 0. The van der Waals surface area contributed by atoms with Crippen LogP contribution in [-0.2, 0) is 23.8 Å². The van der Waals surface area contributed by atoms with Gasteiger partial charge in [0.25, 0.3) is 0 Å². The highest BCUT2D eigenvalue weighted by atomic mass is 16.8. The second kappa shape index (κ2) is 6.33. The lowest BCUT2D eigenvalue weighted by molar-refractivity contribution is -0.213. The first-order chi connectivity index (χ1) is 12.6. The number of carbonyl (C=O) groups is 2. The Hall–Kier alpha value is -1.36. The van der Waals surface area contributed by atoms with Crippen LogP contribution in [0.1, 0.15) is 66.2 Å². The minimum absolute atomic E-state index is 0.0419. The Kier molecular flexibility index (Phi) is 4.45. The molecule has 2 saturated carbocycles. The van der Waals surface area contributed by atoms with Crippen molar-refractivity contribution in [3.8, 4) is 0 Å². The zero-order valence-corrected chi connectivity index (χ0v) is 17.0. The van der Waals surface area contributed by atoms with Crippen LogP contribution in [0.15, 0.2) is 12.2 Å². The van der Waals surface area contributed by atoms with Crippen molar-refractivity contribution in [2.45, 2.75) is 78.8 Å². The van der Waals surface area contributed by atoms with Crippen molar-refractivity contribution < 1.29 is 23.8 Å². The molecule has 0 aromatic rings. The van der Waals surface area contributed by atoms with Crippen molar-refractivity contribution in [2.24, 2.45) is 34.5 Å². The molecule has 0 aromatic carbocycles. The predicted molar refractivity (Wildman–Crippen MR) is 99.2 cm³/mol. The van der Waals surface area contributed by atoms with Gasteiger partial charge in [-0.15, -0.1) is 0 Å². The van der Waals surface area contributed by atoms with Crippen LogP contribution in [0.4, 0.5) is 0 Å². The summed E-state index contributed by atoms with van der Waals surface area (Å²) in [4.78, 5) is 23.6. The highest BCUT2D eigenvalue weighted by Gasteiger charge is 2.64. The molecular formula is C22H32O5. The van der Waals surface area contributed by atoms with E-state index >= 15 is 0 Å². The molecule has 5 heteroatoms. The quantitative estimate of drug-likeness (QED) is 0.534. The van der Waals surface area contributed by atoms with Crippen molar-refractivity contribution in [1.82, 2.24) is 0 Å². The standard InChI is InChI=1S/C22H32O5/c1-12-7-6-9-21(3,4)15-8-10-22(5,17(12)15)18-14-11-16(24)26-20(18)27-19(14)25-13(2)23/h14-15,17-20H,1,6-11H2,2-5H3/t14?,15-,17-,18?,19?,20?,22-/m1/s1. The topological polar surface area (TPSA) is 61.8 Å². The number of rotatable bonds is 2. The molecule has 2 heterocycles. The minimum atomic E-state index is -0.688. The van der Waals surface area contributed by atoms with Gasteiger partial charge in [-0.2, -0.15) is 0 Å². The van der Waals surface area contributed by atoms with E-state index in [0.717, 1.165) is 19.3 Å². The predicted octanol–water partition coefficient (Wildman–Crippen LogP) is 4.21. The summed E-state index contributed by atoms with van der Waals surface area (Å²) in [5, 5.41) is 0. The largest absolute Gasteiger partial charge is 0.435 e. The molecule has 4 aliphatic rings. The van der Waals surface area contributed by atoms with Gasteiger partial charge in [-0.25, -0.2) is 0 Å². The first kappa shape index (κ1) is 19.0. The van der Waals surface area contributed by atoms with E-state index in [1.54, 1.807) is 0 Å². The lowest BCUT2D eigenvalue weighted by atomic mass is 9.59. The summed E-state index contributed by atoms with van der Waals surface area (Å²) in [5.41, 5.74) is 1.56. The summed E-state index contributed by atoms with van der Waals surface area (Å²) in [6.45, 7) is 13.0. The van der Waals surface area contributed by atoms with Crippen molar-refractivity contribution in [3.05, 3.63) is 12.2 Å². The van der Waals surface area contributed by atoms with Gasteiger partial charge in [0.15, 0.2) is 0 Å². The van der Waals surface area contributed by atoms with Gasteiger partial charge in [0, 0.05) is 18.8 Å². The van der Waals surface area contributed by atoms with Crippen LogP contribution in [0.3, 0.4) is 0 Å². The molecule has 27 heavy (non-hydrogen) atoms. The molecule has 150 valence electrons. The van der Waals surface area contributed by atoms with Gasteiger partial charge >= 0.3 is 11.9 Å². The number of esters is 2. The maximum Gasteiger partial charge on any atom is 0.308 e. The summed E-state index contributed by atoms with van der Waals surface area (Å²) >= 11 is 0. The van der Waals surface area contributed by atoms with Gasteiger partial charge in [0.1, 0.15) is 0 Å². The molecule has 4 rings (SSSR count). The average Bonchev–Trinajstić information content (AvgIpc) is 2.97. The molecular weight excluding hydrogens is 344 g/mol. The van der Waals surface area contributed by atoms with Gasteiger partial charge in [0.2, 0.25) is 12.6 Å². The summed E-state index contributed by atoms with van der Waals surface area (Å²) in [6.07, 6.45) is 4.65. The molecule has 2 saturated heterocycles. The molecule has 0 amide bonds. The Labute approximate surface area is 161 Å². The SMILES string of the molecule is C=C1CCCC(C)(C)[C@@H]2CC[C@@](C)(C3C4OC(=O)CC3C(OC(C)=O)O4)[C@H]12. The third-order valence-corrected chi connectivity index (χ3v) is 7.94. The molecule has 0 radical (unpaired) electrons. The van der Waals surface area contributed by atoms with E-state index in [1.807, 2.05) is 0 Å². The molecule has 7 atom stereocenters. The molecule has 0 N–H and O–H groups in total. The number of carbonyl (C=O) groups excluding carboxylic acids is 2. The first-order valence-electron chi connectivity index (χ1n) is 10.3. The smallest absolute Gasteiger partial charge is 0.308 e. The number of ether oxygens (including phenoxy) is 3. The van der Waals surface area contributed by atoms with E-state index < -0.39 is 12.6 Å². The van der Waals surface area contributed by atoms with Crippen molar-refractivity contribution >= 4 is 11.9 Å². The third kappa shape index (κ3) is 2.93.